The molecule has 1 fully saturated rings. The summed E-state index contributed by atoms with van der Waals surface area (Å²) in [5.41, 5.74) is 2.68. The fraction of sp³-hybridized carbons (Fsp3) is 0.647. The van der Waals surface area contributed by atoms with Crippen molar-refractivity contribution in [2.75, 3.05) is 38.3 Å². The zero-order chi connectivity index (χ0) is 14.2. The molecule has 0 radical (unpaired) electrons. The number of hydrogen-bond donors (Lipinski definition) is 1. The molecule has 0 spiro atoms. The molecule has 0 amide bonds. The minimum Gasteiger partial charge on any atom is -0.381 e. The van der Waals surface area contributed by atoms with Gasteiger partial charge >= 0.3 is 0 Å². The van der Waals surface area contributed by atoms with E-state index in [1.54, 1.807) is 0 Å². The second-order valence-corrected chi connectivity index (χ2v) is 5.78. The third-order valence-electron chi connectivity index (χ3n) is 4.01. The van der Waals surface area contributed by atoms with Crippen LogP contribution in [0.25, 0.3) is 0 Å². The lowest BCUT2D eigenvalue weighted by atomic mass is 9.99. The molecule has 1 N–H and O–H groups in total. The summed E-state index contributed by atoms with van der Waals surface area (Å²) in [6, 6.07) is 8.95. The van der Waals surface area contributed by atoms with Gasteiger partial charge in [-0.05, 0) is 49.4 Å². The topological polar surface area (TPSA) is 24.5 Å². The third kappa shape index (κ3) is 4.80. The molecule has 0 unspecified atom stereocenters. The normalized spacial score (nSPS) is 16.3. The number of nitrogens with zero attached hydrogens (tertiary/aromatic N) is 1. The Balaban J connectivity index is 1.81. The predicted molar refractivity (Wildman–Crippen MR) is 85.3 cm³/mol. The highest BCUT2D eigenvalue weighted by Crippen LogP contribution is 2.20. The van der Waals surface area contributed by atoms with Crippen molar-refractivity contribution in [2.24, 2.45) is 5.92 Å². The molecule has 0 bridgehead atoms. The van der Waals surface area contributed by atoms with Gasteiger partial charge in [0.05, 0.1) is 0 Å². The average molecular weight is 276 g/mol. The molecule has 0 aliphatic carbocycles. The van der Waals surface area contributed by atoms with Crippen molar-refractivity contribution in [1.82, 2.24) is 5.32 Å². The second-order valence-electron chi connectivity index (χ2n) is 5.78. The Kier molecular flexibility index (Phi) is 6.34. The van der Waals surface area contributed by atoms with Crippen LogP contribution >= 0.6 is 0 Å². The molecule has 1 saturated heterocycles. The number of ether oxygens (including phenoxy) is 1. The Morgan fingerprint density at radius 3 is 2.55 bits per heavy atom. The van der Waals surface area contributed by atoms with Crippen LogP contribution in [0.2, 0.25) is 0 Å². The Hall–Kier alpha value is -1.06. The van der Waals surface area contributed by atoms with E-state index in [1.807, 2.05) is 0 Å². The molecule has 0 aromatic heterocycles. The minimum absolute atomic E-state index is 0.777. The molecule has 20 heavy (non-hydrogen) atoms. The van der Waals surface area contributed by atoms with Gasteiger partial charge in [0.2, 0.25) is 0 Å². The van der Waals surface area contributed by atoms with Gasteiger partial charge in [0.15, 0.2) is 0 Å². The van der Waals surface area contributed by atoms with Crippen molar-refractivity contribution in [1.29, 1.82) is 0 Å². The first-order chi connectivity index (χ1) is 9.79. The van der Waals surface area contributed by atoms with E-state index in [1.165, 1.54) is 30.5 Å². The van der Waals surface area contributed by atoms with Gasteiger partial charge in [0.1, 0.15) is 0 Å². The van der Waals surface area contributed by atoms with Gasteiger partial charge in [0.25, 0.3) is 0 Å². The van der Waals surface area contributed by atoms with Gasteiger partial charge in [-0.3, -0.25) is 0 Å². The van der Waals surface area contributed by atoms with Crippen LogP contribution in [-0.4, -0.2) is 33.4 Å². The maximum Gasteiger partial charge on any atom is 0.0469 e. The van der Waals surface area contributed by atoms with Crippen molar-refractivity contribution in [3.05, 3.63) is 29.8 Å². The Morgan fingerprint density at radius 1 is 1.20 bits per heavy atom. The lowest BCUT2D eigenvalue weighted by molar-refractivity contribution is 0.0685. The van der Waals surface area contributed by atoms with E-state index in [4.69, 9.17) is 4.74 Å². The van der Waals surface area contributed by atoms with E-state index in [0.717, 1.165) is 38.8 Å². The van der Waals surface area contributed by atoms with Gasteiger partial charge in [0, 0.05) is 39.0 Å². The average Bonchev–Trinajstić information content (AvgIpc) is 2.49. The van der Waals surface area contributed by atoms with Crippen molar-refractivity contribution >= 4 is 5.69 Å². The van der Waals surface area contributed by atoms with Crippen LogP contribution in [0.4, 0.5) is 5.69 Å². The van der Waals surface area contributed by atoms with Crippen LogP contribution in [0, 0.1) is 5.92 Å². The van der Waals surface area contributed by atoms with E-state index < -0.39 is 0 Å². The summed E-state index contributed by atoms with van der Waals surface area (Å²) in [6.07, 6.45) is 3.58. The fourth-order valence-electron chi connectivity index (χ4n) is 2.70. The van der Waals surface area contributed by atoms with Crippen LogP contribution in [-0.2, 0) is 11.3 Å². The summed E-state index contributed by atoms with van der Waals surface area (Å²) < 4.78 is 5.42. The summed E-state index contributed by atoms with van der Waals surface area (Å²) in [5.74, 6) is 0.777. The summed E-state index contributed by atoms with van der Waals surface area (Å²) in [5, 5.41) is 3.44. The molecular formula is C17H28N2O. The Labute approximate surface area is 123 Å². The van der Waals surface area contributed by atoms with Crippen LogP contribution in [0.5, 0.6) is 0 Å². The monoisotopic (exact) mass is 276 g/mol. The molecule has 0 atom stereocenters. The van der Waals surface area contributed by atoms with Crippen LogP contribution in [0.15, 0.2) is 24.3 Å². The fourth-order valence-corrected chi connectivity index (χ4v) is 2.70. The highest BCUT2D eigenvalue weighted by molar-refractivity contribution is 5.46. The molecule has 1 aromatic rings. The van der Waals surface area contributed by atoms with Gasteiger partial charge < -0.3 is 15.0 Å². The predicted octanol–water partition coefficient (Wildman–Crippen LogP) is 3.05. The second kappa shape index (κ2) is 8.28. The number of benzene rings is 1. The first-order valence-electron chi connectivity index (χ1n) is 7.88. The van der Waals surface area contributed by atoms with Crippen LogP contribution < -0.4 is 10.2 Å². The van der Waals surface area contributed by atoms with E-state index in [9.17, 15) is 0 Å². The SMILES string of the molecule is CCCNCc1ccc(N(C)CC2CCOCC2)cc1. The molecule has 112 valence electrons. The Bertz CT molecular complexity index is 371. The Morgan fingerprint density at radius 2 is 1.90 bits per heavy atom. The number of nitrogens with one attached hydrogen (secondary N) is 1. The highest BCUT2D eigenvalue weighted by Gasteiger charge is 2.15. The molecule has 1 aliphatic heterocycles. The molecule has 2 rings (SSSR count). The molecule has 3 heteroatoms. The first kappa shape index (κ1) is 15.3. The smallest absolute Gasteiger partial charge is 0.0469 e. The van der Waals surface area contributed by atoms with Crippen molar-refractivity contribution < 1.29 is 4.74 Å². The van der Waals surface area contributed by atoms with E-state index >= 15 is 0 Å². The van der Waals surface area contributed by atoms with E-state index in [-0.39, 0.29) is 0 Å². The zero-order valence-corrected chi connectivity index (χ0v) is 12.9. The lowest BCUT2D eigenvalue weighted by Gasteiger charge is -2.28. The van der Waals surface area contributed by atoms with Crippen molar-refractivity contribution in [3.63, 3.8) is 0 Å². The maximum atomic E-state index is 5.42. The highest BCUT2D eigenvalue weighted by atomic mass is 16.5. The number of hydrogen-bond acceptors (Lipinski definition) is 3. The summed E-state index contributed by atoms with van der Waals surface area (Å²) >= 11 is 0. The lowest BCUT2D eigenvalue weighted by Crippen LogP contribution is -2.29. The van der Waals surface area contributed by atoms with Crippen molar-refractivity contribution in [2.45, 2.75) is 32.7 Å². The van der Waals surface area contributed by atoms with Gasteiger partial charge in [-0.25, -0.2) is 0 Å². The molecule has 0 saturated carbocycles. The third-order valence-corrected chi connectivity index (χ3v) is 4.01. The summed E-state index contributed by atoms with van der Waals surface area (Å²) in [7, 11) is 2.19. The largest absolute Gasteiger partial charge is 0.381 e. The summed E-state index contributed by atoms with van der Waals surface area (Å²) in [4.78, 5) is 2.37. The first-order valence-corrected chi connectivity index (χ1v) is 7.88. The van der Waals surface area contributed by atoms with Crippen LogP contribution in [0.1, 0.15) is 31.7 Å². The molecular weight excluding hydrogens is 248 g/mol. The van der Waals surface area contributed by atoms with Gasteiger partial charge in [-0.2, -0.15) is 0 Å². The zero-order valence-electron chi connectivity index (χ0n) is 12.9. The summed E-state index contributed by atoms with van der Waals surface area (Å²) in [6.45, 7) is 7.25. The standard InChI is InChI=1S/C17H28N2O/c1-3-10-18-13-15-4-6-17(7-5-15)19(2)14-16-8-11-20-12-9-16/h4-7,16,18H,3,8-14H2,1-2H3. The van der Waals surface area contributed by atoms with E-state index in [0.29, 0.717) is 0 Å². The molecule has 1 aliphatic rings. The van der Waals surface area contributed by atoms with Crippen LogP contribution in [0.3, 0.4) is 0 Å². The molecule has 3 nitrogen and oxygen atoms in total. The molecule has 1 heterocycles. The van der Waals surface area contributed by atoms with Gasteiger partial charge in [-0.15, -0.1) is 0 Å². The number of rotatable bonds is 7. The van der Waals surface area contributed by atoms with Gasteiger partial charge in [-0.1, -0.05) is 19.1 Å². The van der Waals surface area contributed by atoms with E-state index in [2.05, 4.69) is 48.5 Å². The maximum absolute atomic E-state index is 5.42. The number of anilines is 1. The quantitative estimate of drug-likeness (QED) is 0.775. The molecule has 1 aromatic carbocycles. The minimum atomic E-state index is 0.777. The van der Waals surface area contributed by atoms with Crippen molar-refractivity contribution in [3.8, 4) is 0 Å².